The molecule has 88 valence electrons. The van der Waals surface area contributed by atoms with Crippen molar-refractivity contribution in [3.05, 3.63) is 40.3 Å². The fourth-order valence-corrected chi connectivity index (χ4v) is 2.47. The van der Waals surface area contributed by atoms with Gasteiger partial charge in [-0.25, -0.2) is 4.68 Å². The fraction of sp³-hybridized carbons (Fsp3) is 0.385. The number of hydrogen-bond acceptors (Lipinski definition) is 3. The molecule has 0 bridgehead atoms. The van der Waals surface area contributed by atoms with Gasteiger partial charge in [0.1, 0.15) is 0 Å². The molecule has 0 aliphatic carbocycles. The summed E-state index contributed by atoms with van der Waals surface area (Å²) in [6.45, 7) is 3.76. The van der Waals surface area contributed by atoms with Crippen LogP contribution in [-0.4, -0.2) is 22.9 Å². The highest BCUT2D eigenvalue weighted by molar-refractivity contribution is 5.83. The van der Waals surface area contributed by atoms with E-state index in [-0.39, 0.29) is 11.6 Å². The number of nitrogens with one attached hydrogen (secondary N) is 1. The Morgan fingerprint density at radius 2 is 2.12 bits per heavy atom. The minimum atomic E-state index is 0.0277. The first-order valence-electron chi connectivity index (χ1n) is 5.96. The predicted molar refractivity (Wildman–Crippen MR) is 67.3 cm³/mol. The molecule has 3 rings (SSSR count). The summed E-state index contributed by atoms with van der Waals surface area (Å²) < 4.78 is 1.65. The molecule has 1 saturated heterocycles. The predicted octanol–water partition coefficient (Wildman–Crippen LogP) is 1.24. The highest BCUT2D eigenvalue weighted by Gasteiger charge is 2.20. The normalized spacial score (nSPS) is 19.9. The Morgan fingerprint density at radius 3 is 2.82 bits per heavy atom. The van der Waals surface area contributed by atoms with Crippen molar-refractivity contribution in [3.63, 3.8) is 0 Å². The molecule has 4 nitrogen and oxygen atoms in total. The van der Waals surface area contributed by atoms with E-state index in [1.54, 1.807) is 4.68 Å². The highest BCUT2D eigenvalue weighted by atomic mass is 16.1. The van der Waals surface area contributed by atoms with E-state index >= 15 is 0 Å². The Bertz CT molecular complexity index is 612. The third-order valence-corrected chi connectivity index (χ3v) is 3.39. The quantitative estimate of drug-likeness (QED) is 0.800. The number of nitrogens with zero attached hydrogens (tertiary/aromatic N) is 2. The van der Waals surface area contributed by atoms with Gasteiger partial charge in [0.25, 0.3) is 5.56 Å². The lowest BCUT2D eigenvalue weighted by Gasteiger charge is -2.13. The van der Waals surface area contributed by atoms with Gasteiger partial charge in [0, 0.05) is 11.9 Å². The second kappa shape index (κ2) is 3.96. The first-order chi connectivity index (χ1) is 8.27. The van der Waals surface area contributed by atoms with E-state index in [0.717, 1.165) is 36.0 Å². The zero-order chi connectivity index (χ0) is 11.8. The molecule has 1 N–H and O–H groups in total. The van der Waals surface area contributed by atoms with Crippen LogP contribution in [0.2, 0.25) is 0 Å². The standard InChI is InChI=1S/C13H15N3O/c1-9-11-4-2-3-5-12(11)13(17)16(15-9)10-6-7-14-8-10/h2-5,10,14H,6-8H2,1H3. The third-order valence-electron chi connectivity index (χ3n) is 3.39. The van der Waals surface area contributed by atoms with Crippen LogP contribution in [0.1, 0.15) is 18.2 Å². The Morgan fingerprint density at radius 1 is 1.35 bits per heavy atom. The molecule has 1 aromatic carbocycles. The van der Waals surface area contributed by atoms with Crippen LogP contribution in [0.5, 0.6) is 0 Å². The van der Waals surface area contributed by atoms with Crippen LogP contribution in [0, 0.1) is 6.92 Å². The van der Waals surface area contributed by atoms with E-state index in [0.29, 0.717) is 0 Å². The molecule has 4 heteroatoms. The monoisotopic (exact) mass is 229 g/mol. The maximum Gasteiger partial charge on any atom is 0.274 e. The van der Waals surface area contributed by atoms with E-state index < -0.39 is 0 Å². The first kappa shape index (κ1) is 10.5. The van der Waals surface area contributed by atoms with E-state index in [1.807, 2.05) is 31.2 Å². The summed E-state index contributed by atoms with van der Waals surface area (Å²) in [6.07, 6.45) is 0.977. The Kier molecular flexibility index (Phi) is 2.44. The van der Waals surface area contributed by atoms with Crippen LogP contribution in [0.25, 0.3) is 10.8 Å². The van der Waals surface area contributed by atoms with Gasteiger partial charge in [-0.3, -0.25) is 4.79 Å². The first-order valence-corrected chi connectivity index (χ1v) is 5.96. The third kappa shape index (κ3) is 1.65. The van der Waals surface area contributed by atoms with E-state index in [1.165, 1.54) is 0 Å². The lowest BCUT2D eigenvalue weighted by Crippen LogP contribution is -2.29. The van der Waals surface area contributed by atoms with Gasteiger partial charge >= 0.3 is 0 Å². The Labute approximate surface area is 99.3 Å². The molecule has 0 amide bonds. The molecule has 2 aromatic rings. The number of hydrogen-bond donors (Lipinski definition) is 1. The second-order valence-corrected chi connectivity index (χ2v) is 4.53. The van der Waals surface area contributed by atoms with Crippen LogP contribution in [-0.2, 0) is 0 Å². The number of fused-ring (bicyclic) bond motifs is 1. The number of benzene rings is 1. The van der Waals surface area contributed by atoms with E-state index in [2.05, 4.69) is 10.4 Å². The molecule has 1 aliphatic heterocycles. The molecular weight excluding hydrogens is 214 g/mol. The van der Waals surface area contributed by atoms with Crippen molar-refractivity contribution in [3.8, 4) is 0 Å². The van der Waals surface area contributed by atoms with Gasteiger partial charge < -0.3 is 5.32 Å². The summed E-state index contributed by atoms with van der Waals surface area (Å²) in [7, 11) is 0. The average Bonchev–Trinajstić information content (AvgIpc) is 2.87. The zero-order valence-electron chi connectivity index (χ0n) is 9.81. The molecular formula is C13H15N3O. The van der Waals surface area contributed by atoms with Crippen LogP contribution in [0.3, 0.4) is 0 Å². The number of rotatable bonds is 1. The summed E-state index contributed by atoms with van der Waals surface area (Å²) in [5.41, 5.74) is 0.951. The highest BCUT2D eigenvalue weighted by Crippen LogP contribution is 2.16. The minimum absolute atomic E-state index is 0.0277. The molecule has 0 radical (unpaired) electrons. The van der Waals surface area contributed by atoms with Crippen LogP contribution in [0.4, 0.5) is 0 Å². The van der Waals surface area contributed by atoms with Crippen molar-refractivity contribution in [2.75, 3.05) is 13.1 Å². The summed E-state index contributed by atoms with van der Waals surface area (Å²) in [6, 6.07) is 7.88. The molecule has 1 aliphatic rings. The van der Waals surface area contributed by atoms with Crippen molar-refractivity contribution in [2.45, 2.75) is 19.4 Å². The Hall–Kier alpha value is -1.68. The smallest absolute Gasteiger partial charge is 0.274 e. The maximum absolute atomic E-state index is 12.3. The van der Waals surface area contributed by atoms with Crippen molar-refractivity contribution in [2.24, 2.45) is 0 Å². The molecule has 1 fully saturated rings. The van der Waals surface area contributed by atoms with Gasteiger partial charge in [-0.2, -0.15) is 5.10 Å². The molecule has 1 aromatic heterocycles. The summed E-state index contributed by atoms with van der Waals surface area (Å²) >= 11 is 0. The summed E-state index contributed by atoms with van der Waals surface area (Å²) in [5, 5.41) is 9.44. The molecule has 0 spiro atoms. The number of aryl methyl sites for hydroxylation is 1. The van der Waals surface area contributed by atoms with Gasteiger partial charge in [0.2, 0.25) is 0 Å². The minimum Gasteiger partial charge on any atom is -0.315 e. The van der Waals surface area contributed by atoms with Crippen molar-refractivity contribution < 1.29 is 0 Å². The van der Waals surface area contributed by atoms with Gasteiger partial charge in [-0.15, -0.1) is 0 Å². The topological polar surface area (TPSA) is 46.9 Å². The summed E-state index contributed by atoms with van der Waals surface area (Å²) in [4.78, 5) is 12.3. The fourth-order valence-electron chi connectivity index (χ4n) is 2.47. The van der Waals surface area contributed by atoms with Crippen molar-refractivity contribution in [1.29, 1.82) is 0 Å². The maximum atomic E-state index is 12.3. The molecule has 1 unspecified atom stereocenters. The zero-order valence-corrected chi connectivity index (χ0v) is 9.81. The molecule has 2 heterocycles. The van der Waals surface area contributed by atoms with E-state index in [4.69, 9.17) is 0 Å². The van der Waals surface area contributed by atoms with Crippen molar-refractivity contribution in [1.82, 2.24) is 15.1 Å². The largest absolute Gasteiger partial charge is 0.315 e. The molecule has 17 heavy (non-hydrogen) atoms. The van der Waals surface area contributed by atoms with Gasteiger partial charge in [0.15, 0.2) is 0 Å². The number of aromatic nitrogens is 2. The molecule has 1 atom stereocenters. The van der Waals surface area contributed by atoms with Gasteiger partial charge in [-0.1, -0.05) is 18.2 Å². The SMILES string of the molecule is Cc1nn(C2CCNC2)c(=O)c2ccccc12. The Balaban J connectivity index is 2.26. The van der Waals surface area contributed by atoms with Crippen LogP contribution < -0.4 is 10.9 Å². The van der Waals surface area contributed by atoms with Gasteiger partial charge in [-0.05, 0) is 26.0 Å². The van der Waals surface area contributed by atoms with E-state index in [9.17, 15) is 4.79 Å². The summed E-state index contributed by atoms with van der Waals surface area (Å²) in [5.74, 6) is 0. The molecule has 0 saturated carbocycles. The van der Waals surface area contributed by atoms with Crippen molar-refractivity contribution >= 4 is 10.8 Å². The van der Waals surface area contributed by atoms with Crippen LogP contribution >= 0.6 is 0 Å². The average molecular weight is 229 g/mol. The lowest BCUT2D eigenvalue weighted by atomic mass is 10.1. The van der Waals surface area contributed by atoms with Crippen LogP contribution in [0.15, 0.2) is 29.1 Å². The van der Waals surface area contributed by atoms with Gasteiger partial charge in [0.05, 0.1) is 17.1 Å². The lowest BCUT2D eigenvalue weighted by molar-refractivity contribution is 0.466. The second-order valence-electron chi connectivity index (χ2n) is 4.53.